The van der Waals surface area contributed by atoms with E-state index >= 15 is 0 Å². The zero-order valence-corrected chi connectivity index (χ0v) is 15.2. The second-order valence-electron chi connectivity index (χ2n) is 8.83. The van der Waals surface area contributed by atoms with E-state index < -0.39 is 0 Å². The molecule has 2 nitrogen and oxygen atoms in total. The fraction of sp³-hybridized carbons (Fsp3) is 0.696. The molecular formula is C23H31NO. The second kappa shape index (κ2) is 6.87. The minimum atomic E-state index is 0.353. The van der Waals surface area contributed by atoms with Crippen molar-refractivity contribution in [2.75, 3.05) is 6.54 Å². The average molecular weight is 338 g/mol. The van der Waals surface area contributed by atoms with Crippen LogP contribution in [-0.2, 0) is 4.74 Å². The Bertz CT molecular complexity index is 603. The number of ether oxygens (including phenoxy) is 1. The van der Waals surface area contributed by atoms with Gasteiger partial charge in [-0.2, -0.15) is 0 Å². The van der Waals surface area contributed by atoms with Crippen molar-refractivity contribution >= 4 is 6.21 Å². The van der Waals surface area contributed by atoms with Crippen molar-refractivity contribution < 1.29 is 4.74 Å². The molecule has 5 unspecified atom stereocenters. The van der Waals surface area contributed by atoms with E-state index in [1.807, 2.05) is 0 Å². The molecule has 5 rings (SSSR count). The Morgan fingerprint density at radius 3 is 2.76 bits per heavy atom. The molecule has 25 heavy (non-hydrogen) atoms. The molecule has 0 bridgehead atoms. The van der Waals surface area contributed by atoms with Gasteiger partial charge in [0, 0.05) is 24.6 Å². The van der Waals surface area contributed by atoms with Crippen LogP contribution in [0.2, 0.25) is 0 Å². The van der Waals surface area contributed by atoms with Gasteiger partial charge in [-0.25, -0.2) is 0 Å². The second-order valence-corrected chi connectivity index (χ2v) is 8.83. The lowest BCUT2D eigenvalue weighted by atomic mass is 9.62. The van der Waals surface area contributed by atoms with Gasteiger partial charge in [-0.15, -0.1) is 0 Å². The van der Waals surface area contributed by atoms with Crippen LogP contribution < -0.4 is 0 Å². The molecule has 1 saturated heterocycles. The summed E-state index contributed by atoms with van der Waals surface area (Å²) in [6.07, 6.45) is 26.6. The topological polar surface area (TPSA) is 21.6 Å². The molecular weight excluding hydrogens is 306 g/mol. The van der Waals surface area contributed by atoms with Gasteiger partial charge in [0.2, 0.25) is 0 Å². The molecule has 0 radical (unpaired) electrons. The summed E-state index contributed by atoms with van der Waals surface area (Å²) in [6, 6.07) is 0. The van der Waals surface area contributed by atoms with Crippen LogP contribution >= 0.6 is 0 Å². The smallest absolute Gasteiger partial charge is 0.0829 e. The Hall–Kier alpha value is -1.15. The highest BCUT2D eigenvalue weighted by molar-refractivity contribution is 5.62. The SMILES string of the molecule is C1=CC2[C@@H]3CC([C@@H]4CCC=CC4C4C=NCCC4)CCC3O[C@@H]2C=C1. The van der Waals surface area contributed by atoms with Gasteiger partial charge >= 0.3 is 0 Å². The van der Waals surface area contributed by atoms with E-state index in [0.29, 0.717) is 24.0 Å². The summed E-state index contributed by atoms with van der Waals surface area (Å²) in [5.74, 6) is 4.55. The summed E-state index contributed by atoms with van der Waals surface area (Å²) >= 11 is 0. The third-order valence-corrected chi connectivity index (χ3v) is 7.57. The minimum Gasteiger partial charge on any atom is -0.370 e. The molecule has 8 atom stereocenters. The average Bonchev–Trinajstić information content (AvgIpc) is 3.06. The number of nitrogens with zero attached hydrogens (tertiary/aromatic N) is 1. The monoisotopic (exact) mass is 337 g/mol. The van der Waals surface area contributed by atoms with Crippen molar-refractivity contribution in [1.82, 2.24) is 0 Å². The summed E-state index contributed by atoms with van der Waals surface area (Å²) in [7, 11) is 0. The van der Waals surface area contributed by atoms with Crippen molar-refractivity contribution in [1.29, 1.82) is 0 Å². The quantitative estimate of drug-likeness (QED) is 0.652. The van der Waals surface area contributed by atoms with Crippen LogP contribution in [0, 0.1) is 35.5 Å². The number of aliphatic imine (C=N–C) groups is 1. The highest BCUT2D eigenvalue weighted by Gasteiger charge is 2.47. The van der Waals surface area contributed by atoms with Crippen molar-refractivity contribution in [3.63, 3.8) is 0 Å². The summed E-state index contributed by atoms with van der Waals surface area (Å²) in [5.41, 5.74) is 0. The van der Waals surface area contributed by atoms with E-state index in [-0.39, 0.29) is 0 Å². The highest BCUT2D eigenvalue weighted by Crippen LogP contribution is 2.50. The minimum absolute atomic E-state index is 0.353. The normalized spacial score (nSPS) is 48.3. The molecule has 1 saturated carbocycles. The van der Waals surface area contributed by atoms with E-state index in [0.717, 1.165) is 30.2 Å². The van der Waals surface area contributed by atoms with Crippen LogP contribution in [-0.4, -0.2) is 25.0 Å². The van der Waals surface area contributed by atoms with Crippen LogP contribution in [0.5, 0.6) is 0 Å². The zero-order chi connectivity index (χ0) is 16.6. The summed E-state index contributed by atoms with van der Waals surface area (Å²) < 4.78 is 6.37. The fourth-order valence-electron chi connectivity index (χ4n) is 6.38. The zero-order valence-electron chi connectivity index (χ0n) is 15.2. The van der Waals surface area contributed by atoms with E-state index in [1.54, 1.807) is 0 Å². The summed E-state index contributed by atoms with van der Waals surface area (Å²) in [6.45, 7) is 1.05. The van der Waals surface area contributed by atoms with Gasteiger partial charge in [-0.1, -0.05) is 36.5 Å². The maximum absolute atomic E-state index is 6.37. The Kier molecular flexibility index (Phi) is 4.41. The highest BCUT2D eigenvalue weighted by atomic mass is 16.5. The van der Waals surface area contributed by atoms with Gasteiger partial charge in [0.25, 0.3) is 0 Å². The van der Waals surface area contributed by atoms with Gasteiger partial charge in [-0.05, 0) is 68.6 Å². The van der Waals surface area contributed by atoms with Crippen molar-refractivity contribution in [3.05, 3.63) is 36.5 Å². The van der Waals surface area contributed by atoms with Crippen LogP contribution in [0.15, 0.2) is 41.4 Å². The van der Waals surface area contributed by atoms with Crippen LogP contribution in [0.4, 0.5) is 0 Å². The van der Waals surface area contributed by atoms with Crippen LogP contribution in [0.1, 0.15) is 44.9 Å². The van der Waals surface area contributed by atoms with Gasteiger partial charge in [0.15, 0.2) is 0 Å². The van der Waals surface area contributed by atoms with Gasteiger partial charge in [0.05, 0.1) is 12.2 Å². The lowest BCUT2D eigenvalue weighted by Gasteiger charge is -2.43. The first-order chi connectivity index (χ1) is 12.4. The molecule has 0 aromatic rings. The first-order valence-corrected chi connectivity index (χ1v) is 10.6. The van der Waals surface area contributed by atoms with Crippen molar-refractivity contribution in [2.24, 2.45) is 40.5 Å². The molecule has 2 aliphatic heterocycles. The Labute approximate surface area is 152 Å². The van der Waals surface area contributed by atoms with Gasteiger partial charge < -0.3 is 4.74 Å². The number of hydrogen-bond donors (Lipinski definition) is 0. The van der Waals surface area contributed by atoms with Gasteiger partial charge in [0.1, 0.15) is 0 Å². The number of rotatable bonds is 2. The fourth-order valence-corrected chi connectivity index (χ4v) is 6.38. The molecule has 0 aromatic carbocycles. The lowest BCUT2D eigenvalue weighted by Crippen LogP contribution is -2.37. The molecule has 2 fully saturated rings. The number of allylic oxidation sites excluding steroid dienone is 4. The predicted octanol–water partition coefficient (Wildman–Crippen LogP) is 4.98. The van der Waals surface area contributed by atoms with Crippen LogP contribution in [0.3, 0.4) is 0 Å². The molecule has 0 amide bonds. The molecule has 134 valence electrons. The molecule has 2 heteroatoms. The van der Waals surface area contributed by atoms with E-state index in [4.69, 9.17) is 4.74 Å². The number of fused-ring (bicyclic) bond motifs is 3. The van der Waals surface area contributed by atoms with Crippen molar-refractivity contribution in [2.45, 2.75) is 57.2 Å². The first kappa shape index (κ1) is 16.1. The molecule has 2 heterocycles. The standard InChI is InChI=1S/C23H31NO/c1-2-8-19(17-6-5-13-24-15-17)18(7-1)16-11-12-23-21(14-16)20-9-3-4-10-22(20)25-23/h2-4,8-10,15-23H,1,5-7,11-14H2/t16?,17?,18-,19?,20?,21-,22+,23?/m0/s1. The van der Waals surface area contributed by atoms with E-state index in [1.165, 1.54) is 44.9 Å². The molecule has 0 N–H and O–H groups in total. The summed E-state index contributed by atoms with van der Waals surface area (Å²) in [4.78, 5) is 4.62. The Morgan fingerprint density at radius 1 is 0.880 bits per heavy atom. The molecule has 0 aromatic heterocycles. The maximum Gasteiger partial charge on any atom is 0.0829 e. The Morgan fingerprint density at radius 2 is 1.84 bits per heavy atom. The molecule has 3 aliphatic carbocycles. The van der Waals surface area contributed by atoms with Crippen molar-refractivity contribution in [3.8, 4) is 0 Å². The first-order valence-electron chi connectivity index (χ1n) is 10.6. The third-order valence-electron chi connectivity index (χ3n) is 7.57. The van der Waals surface area contributed by atoms with Gasteiger partial charge in [-0.3, -0.25) is 4.99 Å². The molecule has 5 aliphatic rings. The predicted molar refractivity (Wildman–Crippen MR) is 103 cm³/mol. The number of hydrogen-bond acceptors (Lipinski definition) is 2. The lowest BCUT2D eigenvalue weighted by molar-refractivity contribution is 0.0131. The van der Waals surface area contributed by atoms with E-state index in [2.05, 4.69) is 47.7 Å². The molecule has 0 spiro atoms. The summed E-state index contributed by atoms with van der Waals surface area (Å²) in [5, 5.41) is 0. The maximum atomic E-state index is 6.37. The largest absolute Gasteiger partial charge is 0.370 e. The van der Waals surface area contributed by atoms with Crippen LogP contribution in [0.25, 0.3) is 0 Å². The van der Waals surface area contributed by atoms with E-state index in [9.17, 15) is 0 Å². The third kappa shape index (κ3) is 2.97. The Balaban J connectivity index is 1.33.